The highest BCUT2D eigenvalue weighted by molar-refractivity contribution is 5.92. The zero-order chi connectivity index (χ0) is 14.7. The van der Waals surface area contributed by atoms with Crippen molar-refractivity contribution in [1.29, 1.82) is 0 Å². The van der Waals surface area contributed by atoms with E-state index in [1.807, 2.05) is 6.92 Å². The lowest BCUT2D eigenvalue weighted by Crippen LogP contribution is -2.24. The molecule has 21 heavy (non-hydrogen) atoms. The number of nitrogens with one attached hydrogen (secondary N) is 4. The summed E-state index contributed by atoms with van der Waals surface area (Å²) in [5.74, 6) is 0.291. The van der Waals surface area contributed by atoms with Crippen molar-refractivity contribution in [2.45, 2.75) is 32.2 Å². The SMILES string of the molecule is CCc1cc(C(=O)NCc2cn[nH]c2C2CCNC2)n[nH]1. The number of aromatic amines is 2. The van der Waals surface area contributed by atoms with Gasteiger partial charge in [-0.2, -0.15) is 10.2 Å². The van der Waals surface area contributed by atoms with Crippen LogP contribution in [0.2, 0.25) is 0 Å². The van der Waals surface area contributed by atoms with Crippen LogP contribution in [0.5, 0.6) is 0 Å². The highest BCUT2D eigenvalue weighted by Gasteiger charge is 2.21. The molecule has 112 valence electrons. The Bertz CT molecular complexity index is 611. The Hall–Kier alpha value is -2.15. The van der Waals surface area contributed by atoms with Crippen LogP contribution in [0, 0.1) is 0 Å². The number of rotatable bonds is 5. The van der Waals surface area contributed by atoms with Gasteiger partial charge < -0.3 is 10.6 Å². The molecular formula is C14H20N6O. The third-order valence-corrected chi connectivity index (χ3v) is 3.90. The summed E-state index contributed by atoms with van der Waals surface area (Å²) in [4.78, 5) is 12.1. The molecule has 1 aliphatic rings. The summed E-state index contributed by atoms with van der Waals surface area (Å²) in [5.41, 5.74) is 3.56. The molecule has 1 atom stereocenters. The van der Waals surface area contributed by atoms with Gasteiger partial charge in [0, 0.05) is 36.0 Å². The molecule has 3 rings (SSSR count). The Morgan fingerprint density at radius 1 is 1.48 bits per heavy atom. The number of aromatic nitrogens is 4. The zero-order valence-corrected chi connectivity index (χ0v) is 12.1. The third kappa shape index (κ3) is 2.97. The number of aryl methyl sites for hydroxylation is 1. The highest BCUT2D eigenvalue weighted by atomic mass is 16.1. The van der Waals surface area contributed by atoms with E-state index in [9.17, 15) is 4.79 Å². The van der Waals surface area contributed by atoms with E-state index in [0.717, 1.165) is 42.9 Å². The van der Waals surface area contributed by atoms with Gasteiger partial charge in [0.2, 0.25) is 0 Å². The van der Waals surface area contributed by atoms with E-state index >= 15 is 0 Å². The first kappa shape index (κ1) is 13.8. The molecule has 0 aliphatic carbocycles. The predicted molar refractivity (Wildman–Crippen MR) is 78.0 cm³/mol. The lowest BCUT2D eigenvalue weighted by Gasteiger charge is -2.09. The molecule has 0 spiro atoms. The van der Waals surface area contributed by atoms with E-state index in [0.29, 0.717) is 18.2 Å². The van der Waals surface area contributed by atoms with Crippen molar-refractivity contribution in [2.75, 3.05) is 13.1 Å². The lowest BCUT2D eigenvalue weighted by molar-refractivity contribution is 0.0946. The Morgan fingerprint density at radius 3 is 3.10 bits per heavy atom. The Labute approximate surface area is 122 Å². The molecule has 2 aromatic heterocycles. The van der Waals surface area contributed by atoms with Gasteiger partial charge >= 0.3 is 0 Å². The summed E-state index contributed by atoms with van der Waals surface area (Å²) in [6.45, 7) is 4.48. The normalized spacial score (nSPS) is 18.0. The number of carbonyl (C=O) groups is 1. The molecule has 0 saturated carbocycles. The fraction of sp³-hybridized carbons (Fsp3) is 0.500. The van der Waals surface area contributed by atoms with E-state index < -0.39 is 0 Å². The minimum absolute atomic E-state index is 0.164. The first-order valence-electron chi connectivity index (χ1n) is 7.33. The standard InChI is InChI=1S/C14H20N6O/c1-2-11-5-12(19-18-11)14(21)16-7-10-8-17-20-13(10)9-3-4-15-6-9/h5,8-9,15H,2-4,6-7H2,1H3,(H,16,21)(H,17,20)(H,18,19). The number of nitrogens with zero attached hydrogens (tertiary/aromatic N) is 2. The molecule has 0 aromatic carbocycles. The van der Waals surface area contributed by atoms with Crippen LogP contribution in [0.1, 0.15) is 46.7 Å². The van der Waals surface area contributed by atoms with Crippen molar-refractivity contribution >= 4 is 5.91 Å². The average Bonchev–Trinajstić information content (AvgIpc) is 3.23. The molecule has 1 fully saturated rings. The Kier molecular flexibility index (Phi) is 4.01. The summed E-state index contributed by atoms with van der Waals surface area (Å²) in [6.07, 6.45) is 3.72. The molecule has 0 bridgehead atoms. The summed E-state index contributed by atoms with van der Waals surface area (Å²) in [5, 5.41) is 20.3. The smallest absolute Gasteiger partial charge is 0.272 e. The minimum Gasteiger partial charge on any atom is -0.346 e. The van der Waals surface area contributed by atoms with Crippen molar-refractivity contribution in [1.82, 2.24) is 31.0 Å². The monoisotopic (exact) mass is 288 g/mol. The molecule has 0 radical (unpaired) electrons. The van der Waals surface area contributed by atoms with Gasteiger partial charge in [-0.15, -0.1) is 0 Å². The molecule has 1 amide bonds. The van der Waals surface area contributed by atoms with Gasteiger partial charge in [-0.1, -0.05) is 6.92 Å². The van der Waals surface area contributed by atoms with Crippen molar-refractivity contribution < 1.29 is 4.79 Å². The van der Waals surface area contributed by atoms with Crippen molar-refractivity contribution in [3.05, 3.63) is 34.9 Å². The van der Waals surface area contributed by atoms with Crippen molar-refractivity contribution in [3.63, 3.8) is 0 Å². The molecule has 1 aliphatic heterocycles. The van der Waals surface area contributed by atoms with Crippen LogP contribution in [-0.2, 0) is 13.0 Å². The van der Waals surface area contributed by atoms with Crippen LogP contribution in [-0.4, -0.2) is 39.4 Å². The summed E-state index contributed by atoms with van der Waals surface area (Å²) in [6, 6.07) is 1.78. The summed E-state index contributed by atoms with van der Waals surface area (Å²) >= 11 is 0. The lowest BCUT2D eigenvalue weighted by atomic mass is 10.0. The quantitative estimate of drug-likeness (QED) is 0.651. The maximum atomic E-state index is 12.1. The average molecular weight is 288 g/mol. The maximum Gasteiger partial charge on any atom is 0.272 e. The van der Waals surface area contributed by atoms with Gasteiger partial charge in [-0.3, -0.25) is 15.0 Å². The van der Waals surface area contributed by atoms with E-state index in [1.54, 1.807) is 12.3 Å². The van der Waals surface area contributed by atoms with E-state index in [-0.39, 0.29) is 5.91 Å². The summed E-state index contributed by atoms with van der Waals surface area (Å²) < 4.78 is 0. The van der Waals surface area contributed by atoms with Crippen LogP contribution in [0.3, 0.4) is 0 Å². The second-order valence-corrected chi connectivity index (χ2v) is 5.31. The number of hydrogen-bond acceptors (Lipinski definition) is 4. The molecule has 3 heterocycles. The largest absolute Gasteiger partial charge is 0.346 e. The fourth-order valence-corrected chi connectivity index (χ4v) is 2.64. The maximum absolute atomic E-state index is 12.1. The van der Waals surface area contributed by atoms with Crippen LogP contribution in [0.4, 0.5) is 0 Å². The van der Waals surface area contributed by atoms with Gasteiger partial charge in [-0.05, 0) is 25.5 Å². The minimum atomic E-state index is -0.164. The second kappa shape index (κ2) is 6.09. The van der Waals surface area contributed by atoms with Crippen LogP contribution in [0.15, 0.2) is 12.3 Å². The molecule has 1 saturated heterocycles. The first-order valence-corrected chi connectivity index (χ1v) is 7.33. The highest BCUT2D eigenvalue weighted by Crippen LogP contribution is 2.23. The summed E-state index contributed by atoms with van der Waals surface area (Å²) in [7, 11) is 0. The van der Waals surface area contributed by atoms with E-state index in [4.69, 9.17) is 0 Å². The van der Waals surface area contributed by atoms with Gasteiger partial charge in [0.25, 0.3) is 5.91 Å². The number of carbonyl (C=O) groups excluding carboxylic acids is 1. The van der Waals surface area contributed by atoms with Crippen molar-refractivity contribution in [3.8, 4) is 0 Å². The van der Waals surface area contributed by atoms with E-state index in [2.05, 4.69) is 31.0 Å². The fourth-order valence-electron chi connectivity index (χ4n) is 2.64. The molecule has 4 N–H and O–H groups in total. The van der Waals surface area contributed by atoms with Gasteiger partial charge in [0.05, 0.1) is 6.20 Å². The number of hydrogen-bond donors (Lipinski definition) is 4. The molecule has 1 unspecified atom stereocenters. The van der Waals surface area contributed by atoms with Crippen LogP contribution < -0.4 is 10.6 Å². The van der Waals surface area contributed by atoms with E-state index in [1.165, 1.54) is 0 Å². The third-order valence-electron chi connectivity index (χ3n) is 3.90. The topological polar surface area (TPSA) is 98.5 Å². The molecular weight excluding hydrogens is 268 g/mol. The Balaban J connectivity index is 1.62. The van der Waals surface area contributed by atoms with Crippen LogP contribution >= 0.6 is 0 Å². The number of H-pyrrole nitrogens is 2. The first-order chi connectivity index (χ1) is 10.3. The number of amides is 1. The van der Waals surface area contributed by atoms with Crippen molar-refractivity contribution in [2.24, 2.45) is 0 Å². The van der Waals surface area contributed by atoms with Gasteiger partial charge in [-0.25, -0.2) is 0 Å². The molecule has 2 aromatic rings. The zero-order valence-electron chi connectivity index (χ0n) is 12.1. The molecule has 7 nitrogen and oxygen atoms in total. The predicted octanol–water partition coefficient (Wildman–Crippen LogP) is 0.702. The van der Waals surface area contributed by atoms with Crippen LogP contribution in [0.25, 0.3) is 0 Å². The second-order valence-electron chi connectivity index (χ2n) is 5.31. The van der Waals surface area contributed by atoms with Gasteiger partial charge in [0.15, 0.2) is 0 Å². The van der Waals surface area contributed by atoms with Gasteiger partial charge in [0.1, 0.15) is 5.69 Å². The molecule has 7 heteroatoms. The Morgan fingerprint density at radius 2 is 2.38 bits per heavy atom.